The predicted molar refractivity (Wildman–Crippen MR) is 115 cm³/mol. The highest BCUT2D eigenvalue weighted by molar-refractivity contribution is 5.93. The van der Waals surface area contributed by atoms with Crippen LogP contribution in [0.4, 0.5) is 22.7 Å². The number of nitrogen functional groups attached to an aromatic ring is 2. The third kappa shape index (κ3) is 3.57. The molecule has 0 spiro atoms. The number of aliphatic hydroxyl groups is 1. The first-order chi connectivity index (χ1) is 14.8. The van der Waals surface area contributed by atoms with Gasteiger partial charge in [0.25, 0.3) is 16.8 Å². The van der Waals surface area contributed by atoms with Crippen molar-refractivity contribution in [2.24, 2.45) is 0 Å². The van der Waals surface area contributed by atoms with Crippen LogP contribution in [0, 0.1) is 0 Å². The molecule has 158 valence electrons. The van der Waals surface area contributed by atoms with Gasteiger partial charge in [-0.1, -0.05) is 12.1 Å². The van der Waals surface area contributed by atoms with Gasteiger partial charge in [-0.25, -0.2) is 9.50 Å². The molecule has 0 aliphatic carbocycles. The molecule has 11 nitrogen and oxygen atoms in total. The summed E-state index contributed by atoms with van der Waals surface area (Å²) < 4.78 is 1.39. The van der Waals surface area contributed by atoms with E-state index in [4.69, 9.17) is 11.5 Å². The topological polar surface area (TPSA) is 178 Å². The van der Waals surface area contributed by atoms with E-state index in [9.17, 15) is 19.5 Å². The Morgan fingerprint density at radius 1 is 1.23 bits per heavy atom. The van der Waals surface area contributed by atoms with Crippen molar-refractivity contribution >= 4 is 34.3 Å². The smallest absolute Gasteiger partial charge is 0.270 e. The second-order valence-corrected chi connectivity index (χ2v) is 7.03. The van der Waals surface area contributed by atoms with E-state index in [0.717, 1.165) is 5.56 Å². The van der Waals surface area contributed by atoms with Crippen molar-refractivity contribution in [1.82, 2.24) is 19.9 Å². The van der Waals surface area contributed by atoms with Crippen molar-refractivity contribution in [3.63, 3.8) is 0 Å². The summed E-state index contributed by atoms with van der Waals surface area (Å²) in [6, 6.07) is 8.38. The number of nitrogens with two attached hydrogens (primary N) is 2. The van der Waals surface area contributed by atoms with E-state index in [1.54, 1.807) is 31.2 Å². The second kappa shape index (κ2) is 7.54. The number of rotatable bonds is 6. The van der Waals surface area contributed by atoms with Crippen LogP contribution in [0.15, 0.2) is 46.1 Å². The van der Waals surface area contributed by atoms with Gasteiger partial charge in [-0.15, -0.1) is 0 Å². The van der Waals surface area contributed by atoms with Gasteiger partial charge in [-0.05, 0) is 30.7 Å². The first-order valence-electron chi connectivity index (χ1n) is 9.31. The number of carbonyl (C=O) groups excluding carboxylic acids is 1. The molecule has 4 rings (SSSR count). The number of aliphatic hydroxyl groups excluding tert-OH is 1. The zero-order valence-electron chi connectivity index (χ0n) is 16.4. The molecule has 11 heteroatoms. The summed E-state index contributed by atoms with van der Waals surface area (Å²) in [6.07, 6.45) is 0.513. The number of anilines is 4. The predicted octanol–water partition coefficient (Wildman–Crippen LogP) is 0.217. The molecule has 0 fully saturated rings. The monoisotopic (exact) mass is 421 g/mol. The number of benzene rings is 1. The molecule has 2 aromatic carbocycles. The molecule has 1 unspecified atom stereocenters. The summed E-state index contributed by atoms with van der Waals surface area (Å²) in [7, 11) is 0. The molecule has 2 aromatic heterocycles. The third-order valence-electron chi connectivity index (χ3n) is 4.78. The van der Waals surface area contributed by atoms with Gasteiger partial charge in [0.05, 0.1) is 23.7 Å². The Kier molecular flexibility index (Phi) is 4.87. The highest BCUT2D eigenvalue weighted by Crippen LogP contribution is 2.20. The molecule has 0 saturated heterocycles. The lowest BCUT2D eigenvalue weighted by atomic mass is 10.1. The number of hydrogen-bond donors (Lipinski definition) is 5. The Labute approximate surface area is 175 Å². The van der Waals surface area contributed by atoms with E-state index in [-0.39, 0.29) is 34.9 Å². The summed E-state index contributed by atoms with van der Waals surface area (Å²) in [6.45, 7) is 1.72. The zero-order chi connectivity index (χ0) is 22.3. The number of carbonyl (C=O) groups is 1. The standard InChI is InChI=1S/C20H19N7O4/c1-9(28)14-6-13(26-19-12(21)8-24-27(14)19)20(31)23-7-10-3-2-4-11(5-10)25-16-15(22)17(29)18(16)30/h2-6,8-9,25,28H,7,21-22H2,1H3,(H,23,31). The molecule has 0 aliphatic rings. The van der Waals surface area contributed by atoms with Crippen LogP contribution in [-0.2, 0) is 6.54 Å². The Morgan fingerprint density at radius 2 is 2.00 bits per heavy atom. The maximum atomic E-state index is 12.7. The Balaban J connectivity index is 1.51. The average molecular weight is 421 g/mol. The Hall–Kier alpha value is -4.25. The molecule has 7 N–H and O–H groups in total. The van der Waals surface area contributed by atoms with Crippen molar-refractivity contribution < 1.29 is 9.90 Å². The summed E-state index contributed by atoms with van der Waals surface area (Å²) in [5.74, 6) is -0.463. The molecule has 1 atom stereocenters. The van der Waals surface area contributed by atoms with Crippen LogP contribution >= 0.6 is 0 Å². The second-order valence-electron chi connectivity index (χ2n) is 7.03. The van der Waals surface area contributed by atoms with E-state index in [2.05, 4.69) is 20.7 Å². The molecular weight excluding hydrogens is 402 g/mol. The Bertz CT molecular complexity index is 1380. The lowest BCUT2D eigenvalue weighted by Crippen LogP contribution is -2.36. The summed E-state index contributed by atoms with van der Waals surface area (Å²) >= 11 is 0. The number of hydrogen-bond acceptors (Lipinski definition) is 9. The average Bonchev–Trinajstić information content (AvgIpc) is 3.15. The van der Waals surface area contributed by atoms with Crippen LogP contribution in [0.1, 0.15) is 34.8 Å². The number of aromatic nitrogens is 3. The van der Waals surface area contributed by atoms with E-state index >= 15 is 0 Å². The molecule has 31 heavy (non-hydrogen) atoms. The molecule has 0 saturated carbocycles. The van der Waals surface area contributed by atoms with Crippen molar-refractivity contribution in [3.8, 4) is 0 Å². The molecule has 0 aliphatic heterocycles. The SMILES string of the molecule is CC(O)c1cc(C(=O)NCc2cccc(Nc3c(N)c(=O)c3=O)c2)nc2c(N)cnn12. The molecule has 2 heterocycles. The largest absolute Gasteiger partial charge is 0.394 e. The fraction of sp³-hybridized carbons (Fsp3) is 0.150. The van der Waals surface area contributed by atoms with Gasteiger partial charge < -0.3 is 27.2 Å². The van der Waals surface area contributed by atoms with Gasteiger partial charge in [0, 0.05) is 12.2 Å². The van der Waals surface area contributed by atoms with Gasteiger partial charge in [0.15, 0.2) is 5.65 Å². The molecular formula is C20H19N7O4. The maximum absolute atomic E-state index is 12.7. The van der Waals surface area contributed by atoms with Crippen LogP contribution in [0.25, 0.3) is 5.65 Å². The van der Waals surface area contributed by atoms with Crippen LogP contribution < -0.4 is 33.0 Å². The first kappa shape index (κ1) is 20.0. The summed E-state index contributed by atoms with van der Waals surface area (Å²) in [5, 5.41) is 19.6. The van der Waals surface area contributed by atoms with Gasteiger partial charge in [0.2, 0.25) is 0 Å². The van der Waals surface area contributed by atoms with Gasteiger partial charge in [-0.2, -0.15) is 5.10 Å². The van der Waals surface area contributed by atoms with Crippen LogP contribution in [0.2, 0.25) is 0 Å². The number of amides is 1. The lowest BCUT2D eigenvalue weighted by Gasteiger charge is -2.12. The van der Waals surface area contributed by atoms with Crippen LogP contribution in [0.3, 0.4) is 0 Å². The van der Waals surface area contributed by atoms with Crippen molar-refractivity contribution in [2.75, 3.05) is 16.8 Å². The minimum atomic E-state index is -0.887. The minimum absolute atomic E-state index is 0.0627. The fourth-order valence-corrected chi connectivity index (χ4v) is 3.13. The van der Waals surface area contributed by atoms with Crippen LogP contribution in [0.5, 0.6) is 0 Å². The molecule has 0 radical (unpaired) electrons. The lowest BCUT2D eigenvalue weighted by molar-refractivity contribution is 0.0945. The maximum Gasteiger partial charge on any atom is 0.270 e. The normalized spacial score (nSPS) is 12.2. The van der Waals surface area contributed by atoms with Crippen molar-refractivity contribution in [2.45, 2.75) is 19.6 Å². The van der Waals surface area contributed by atoms with E-state index < -0.39 is 22.9 Å². The number of nitrogens with one attached hydrogen (secondary N) is 2. The van der Waals surface area contributed by atoms with E-state index in [0.29, 0.717) is 11.4 Å². The van der Waals surface area contributed by atoms with Crippen LogP contribution in [-0.4, -0.2) is 25.6 Å². The van der Waals surface area contributed by atoms with Crippen molar-refractivity contribution in [3.05, 3.63) is 73.9 Å². The van der Waals surface area contributed by atoms with Gasteiger partial charge in [-0.3, -0.25) is 14.4 Å². The van der Waals surface area contributed by atoms with Crippen molar-refractivity contribution in [1.29, 1.82) is 0 Å². The summed E-state index contributed by atoms with van der Waals surface area (Å²) in [4.78, 5) is 39.7. The van der Waals surface area contributed by atoms with Gasteiger partial charge in [0.1, 0.15) is 17.1 Å². The molecule has 1 amide bonds. The fourth-order valence-electron chi connectivity index (χ4n) is 3.13. The first-order valence-corrected chi connectivity index (χ1v) is 9.31. The minimum Gasteiger partial charge on any atom is -0.394 e. The summed E-state index contributed by atoms with van der Waals surface area (Å²) in [5.41, 5.74) is 12.3. The highest BCUT2D eigenvalue weighted by Gasteiger charge is 2.19. The van der Waals surface area contributed by atoms with E-state index in [1.807, 2.05) is 0 Å². The quantitative estimate of drug-likeness (QED) is 0.272. The number of fused-ring (bicyclic) bond motifs is 1. The number of nitrogens with zero attached hydrogens (tertiary/aromatic N) is 3. The zero-order valence-corrected chi connectivity index (χ0v) is 16.4. The molecule has 4 aromatic rings. The van der Waals surface area contributed by atoms with Gasteiger partial charge >= 0.3 is 0 Å². The molecule has 0 bridgehead atoms. The van der Waals surface area contributed by atoms with E-state index in [1.165, 1.54) is 16.8 Å². The highest BCUT2D eigenvalue weighted by atomic mass is 16.3. The third-order valence-corrected chi connectivity index (χ3v) is 4.78. The Morgan fingerprint density at radius 3 is 2.71 bits per heavy atom.